The molecule has 0 radical (unpaired) electrons. The largest absolute Gasteiger partial charge is 0.506 e. The third-order valence-electron chi connectivity index (χ3n) is 3.26. The molecule has 7 heteroatoms. The lowest BCUT2D eigenvalue weighted by atomic mass is 10.1. The molecular weight excluding hydrogens is 262 g/mol. The second kappa shape index (κ2) is 5.68. The summed E-state index contributed by atoms with van der Waals surface area (Å²) in [4.78, 5) is 25.0. The number of phenols is 1. The summed E-state index contributed by atoms with van der Waals surface area (Å²) < 4.78 is 4.52. The molecule has 0 aromatic heterocycles. The number of carbonyl (C=O) groups excluding carboxylic acids is 2. The number of phenolic OH excluding ortho intramolecular Hbond substituents is 1. The molecule has 1 saturated heterocycles. The van der Waals surface area contributed by atoms with Crippen molar-refractivity contribution in [1.82, 2.24) is 10.2 Å². The fourth-order valence-electron chi connectivity index (χ4n) is 2.15. The van der Waals surface area contributed by atoms with E-state index < -0.39 is 6.09 Å². The maximum atomic E-state index is 12.2. The molecule has 2 rings (SSSR count). The predicted octanol–water partition coefficient (Wildman–Crippen LogP) is 0.545. The molecule has 1 aliphatic heterocycles. The SMILES string of the molecule is COC(=O)NC1CCN(C(=O)c2ccc(N)c(O)c2)C1. The first-order chi connectivity index (χ1) is 9.51. The number of alkyl carbamates (subject to hydrolysis) is 1. The Morgan fingerprint density at radius 3 is 2.90 bits per heavy atom. The van der Waals surface area contributed by atoms with Gasteiger partial charge in [0, 0.05) is 18.7 Å². The maximum Gasteiger partial charge on any atom is 0.407 e. The number of benzene rings is 1. The molecule has 4 N–H and O–H groups in total. The average molecular weight is 279 g/mol. The van der Waals surface area contributed by atoms with Gasteiger partial charge in [-0.25, -0.2) is 4.79 Å². The fraction of sp³-hybridized carbons (Fsp3) is 0.385. The van der Waals surface area contributed by atoms with E-state index in [9.17, 15) is 14.7 Å². The third-order valence-corrected chi connectivity index (χ3v) is 3.26. The van der Waals surface area contributed by atoms with E-state index >= 15 is 0 Å². The van der Waals surface area contributed by atoms with Crippen molar-refractivity contribution in [2.45, 2.75) is 12.5 Å². The number of nitrogens with zero attached hydrogens (tertiary/aromatic N) is 1. The molecule has 0 spiro atoms. The number of amides is 2. The molecule has 108 valence electrons. The summed E-state index contributed by atoms with van der Waals surface area (Å²) in [5, 5.41) is 12.2. The summed E-state index contributed by atoms with van der Waals surface area (Å²) in [5.74, 6) is -0.311. The van der Waals surface area contributed by atoms with Crippen LogP contribution < -0.4 is 11.1 Å². The van der Waals surface area contributed by atoms with E-state index in [-0.39, 0.29) is 23.4 Å². The van der Waals surface area contributed by atoms with Crippen LogP contribution in [0.3, 0.4) is 0 Å². The van der Waals surface area contributed by atoms with Crippen LogP contribution in [0.2, 0.25) is 0 Å². The first-order valence-corrected chi connectivity index (χ1v) is 6.23. The van der Waals surface area contributed by atoms with Gasteiger partial charge in [0.25, 0.3) is 5.91 Å². The Kier molecular flexibility index (Phi) is 3.97. The molecule has 2 amide bonds. The van der Waals surface area contributed by atoms with Crippen molar-refractivity contribution in [2.75, 3.05) is 25.9 Å². The van der Waals surface area contributed by atoms with E-state index in [0.717, 1.165) is 0 Å². The van der Waals surface area contributed by atoms with Crippen molar-refractivity contribution in [3.63, 3.8) is 0 Å². The zero-order valence-electron chi connectivity index (χ0n) is 11.1. The lowest BCUT2D eigenvalue weighted by molar-refractivity contribution is 0.0787. The maximum absolute atomic E-state index is 12.2. The van der Waals surface area contributed by atoms with Gasteiger partial charge in [-0.05, 0) is 24.6 Å². The summed E-state index contributed by atoms with van der Waals surface area (Å²) in [7, 11) is 1.30. The number of nitrogens with two attached hydrogens (primary N) is 1. The minimum atomic E-state index is -0.505. The first-order valence-electron chi connectivity index (χ1n) is 6.23. The van der Waals surface area contributed by atoms with E-state index in [2.05, 4.69) is 10.1 Å². The summed E-state index contributed by atoms with van der Waals surface area (Å²) in [6, 6.07) is 4.29. The third kappa shape index (κ3) is 2.93. The van der Waals surface area contributed by atoms with Crippen molar-refractivity contribution in [1.29, 1.82) is 0 Å². The second-order valence-corrected chi connectivity index (χ2v) is 4.65. The van der Waals surface area contributed by atoms with Crippen LogP contribution in [0.15, 0.2) is 18.2 Å². The zero-order valence-corrected chi connectivity index (χ0v) is 11.1. The van der Waals surface area contributed by atoms with Crippen LogP contribution in [-0.4, -0.2) is 48.2 Å². The van der Waals surface area contributed by atoms with Gasteiger partial charge in [0.15, 0.2) is 0 Å². The first kappa shape index (κ1) is 14.0. The Labute approximate surface area is 116 Å². The number of likely N-dealkylation sites (tertiary alicyclic amines) is 1. The van der Waals surface area contributed by atoms with Gasteiger partial charge in [-0.15, -0.1) is 0 Å². The highest BCUT2D eigenvalue weighted by Gasteiger charge is 2.28. The van der Waals surface area contributed by atoms with Crippen LogP contribution >= 0.6 is 0 Å². The second-order valence-electron chi connectivity index (χ2n) is 4.65. The molecule has 20 heavy (non-hydrogen) atoms. The normalized spacial score (nSPS) is 17.9. The van der Waals surface area contributed by atoms with Gasteiger partial charge >= 0.3 is 6.09 Å². The number of hydrogen-bond donors (Lipinski definition) is 3. The molecule has 1 aliphatic rings. The van der Waals surface area contributed by atoms with Gasteiger partial charge in [-0.2, -0.15) is 0 Å². The molecule has 1 heterocycles. The van der Waals surface area contributed by atoms with Crippen LogP contribution in [0.25, 0.3) is 0 Å². The van der Waals surface area contributed by atoms with Crippen molar-refractivity contribution in [3.8, 4) is 5.75 Å². The number of hydrogen-bond acceptors (Lipinski definition) is 5. The summed E-state index contributed by atoms with van der Waals surface area (Å²) in [6.45, 7) is 0.956. The van der Waals surface area contributed by atoms with Crippen LogP contribution in [-0.2, 0) is 4.74 Å². The standard InChI is InChI=1S/C13H17N3O4/c1-20-13(19)15-9-4-5-16(7-9)12(18)8-2-3-10(14)11(17)6-8/h2-3,6,9,17H,4-5,7,14H2,1H3,(H,15,19). The molecule has 0 aliphatic carbocycles. The molecular formula is C13H17N3O4. The highest BCUT2D eigenvalue weighted by molar-refractivity contribution is 5.95. The Balaban J connectivity index is 2.00. The van der Waals surface area contributed by atoms with E-state index in [1.807, 2.05) is 0 Å². The van der Waals surface area contributed by atoms with Crippen molar-refractivity contribution in [3.05, 3.63) is 23.8 Å². The topological polar surface area (TPSA) is 105 Å². The Bertz CT molecular complexity index is 532. The smallest absolute Gasteiger partial charge is 0.407 e. The summed E-state index contributed by atoms with van der Waals surface area (Å²) in [5.41, 5.74) is 6.10. The average Bonchev–Trinajstić information content (AvgIpc) is 2.89. The van der Waals surface area contributed by atoms with Gasteiger partial charge in [0.2, 0.25) is 0 Å². The number of ether oxygens (including phenoxy) is 1. The minimum Gasteiger partial charge on any atom is -0.506 e. The van der Waals surface area contributed by atoms with Gasteiger partial charge < -0.3 is 25.8 Å². The molecule has 1 unspecified atom stereocenters. The molecule has 0 bridgehead atoms. The van der Waals surface area contributed by atoms with Gasteiger partial charge in [-0.1, -0.05) is 0 Å². The van der Waals surface area contributed by atoms with Crippen LogP contribution in [0.5, 0.6) is 5.75 Å². The molecule has 1 atom stereocenters. The fourth-order valence-corrected chi connectivity index (χ4v) is 2.15. The summed E-state index contributed by atoms with van der Waals surface area (Å²) in [6.07, 6.45) is 0.163. The number of nitrogens with one attached hydrogen (secondary N) is 1. The molecule has 0 saturated carbocycles. The van der Waals surface area contributed by atoms with Crippen molar-refractivity contribution >= 4 is 17.7 Å². The number of carbonyl (C=O) groups is 2. The molecule has 1 aromatic carbocycles. The highest BCUT2D eigenvalue weighted by atomic mass is 16.5. The van der Waals surface area contributed by atoms with E-state index in [1.165, 1.54) is 19.2 Å². The van der Waals surface area contributed by atoms with Crippen LogP contribution in [0, 0.1) is 0 Å². The van der Waals surface area contributed by atoms with E-state index in [1.54, 1.807) is 11.0 Å². The Morgan fingerprint density at radius 1 is 1.50 bits per heavy atom. The van der Waals surface area contributed by atoms with Crippen molar-refractivity contribution in [2.24, 2.45) is 0 Å². The van der Waals surface area contributed by atoms with Crippen LogP contribution in [0.4, 0.5) is 10.5 Å². The van der Waals surface area contributed by atoms with E-state index in [0.29, 0.717) is 25.1 Å². The van der Waals surface area contributed by atoms with E-state index in [4.69, 9.17) is 5.73 Å². The molecule has 1 aromatic rings. The van der Waals surface area contributed by atoms with Crippen LogP contribution in [0.1, 0.15) is 16.8 Å². The van der Waals surface area contributed by atoms with Gasteiger partial charge in [-0.3, -0.25) is 4.79 Å². The Hall–Kier alpha value is -2.44. The minimum absolute atomic E-state index is 0.112. The number of anilines is 1. The lowest BCUT2D eigenvalue weighted by Crippen LogP contribution is -2.38. The Morgan fingerprint density at radius 2 is 2.25 bits per heavy atom. The highest BCUT2D eigenvalue weighted by Crippen LogP contribution is 2.22. The lowest BCUT2D eigenvalue weighted by Gasteiger charge is -2.17. The molecule has 1 fully saturated rings. The predicted molar refractivity (Wildman–Crippen MR) is 72.4 cm³/mol. The van der Waals surface area contributed by atoms with Gasteiger partial charge in [0.1, 0.15) is 5.75 Å². The van der Waals surface area contributed by atoms with Gasteiger partial charge in [0.05, 0.1) is 18.8 Å². The quantitative estimate of drug-likeness (QED) is 0.541. The molecule has 7 nitrogen and oxygen atoms in total. The number of rotatable bonds is 2. The number of methoxy groups -OCH3 is 1. The van der Waals surface area contributed by atoms with Crippen molar-refractivity contribution < 1.29 is 19.4 Å². The summed E-state index contributed by atoms with van der Waals surface area (Å²) >= 11 is 0. The number of nitrogen functional groups attached to an aromatic ring is 1. The monoisotopic (exact) mass is 279 g/mol. The number of aromatic hydroxyl groups is 1. The zero-order chi connectivity index (χ0) is 14.7.